The molecule has 7 nitrogen and oxygen atoms in total. The molecule has 0 unspecified atom stereocenters. The fraction of sp³-hybridized carbons (Fsp3) is 0.185. The highest BCUT2D eigenvalue weighted by Crippen LogP contribution is 2.51. The van der Waals surface area contributed by atoms with Gasteiger partial charge in [0.2, 0.25) is 11.1 Å². The van der Waals surface area contributed by atoms with Crippen molar-refractivity contribution in [3.05, 3.63) is 95.1 Å². The van der Waals surface area contributed by atoms with Gasteiger partial charge in [0.25, 0.3) is 0 Å². The fourth-order valence-corrected chi connectivity index (χ4v) is 5.14. The van der Waals surface area contributed by atoms with E-state index in [1.54, 1.807) is 14.2 Å². The van der Waals surface area contributed by atoms with Gasteiger partial charge < -0.3 is 19.5 Å². The Bertz CT molecular complexity index is 1430. The molecule has 3 aromatic carbocycles. The molecule has 0 saturated carbocycles. The maximum atomic E-state index is 6.67. The van der Waals surface area contributed by atoms with Crippen LogP contribution in [0.25, 0.3) is 5.70 Å². The van der Waals surface area contributed by atoms with Crippen molar-refractivity contribution < 1.29 is 14.2 Å². The molecule has 1 aromatic heterocycles. The highest BCUT2D eigenvalue weighted by atomic mass is 32.2. The number of benzene rings is 3. The molecular formula is C27H24N4O3S. The predicted molar refractivity (Wildman–Crippen MR) is 136 cm³/mol. The molecule has 2 aliphatic rings. The van der Waals surface area contributed by atoms with Crippen molar-refractivity contribution in [2.75, 3.05) is 25.8 Å². The molecule has 3 heterocycles. The second-order valence-corrected chi connectivity index (χ2v) is 9.02. The Balaban J connectivity index is 1.63. The van der Waals surface area contributed by atoms with E-state index in [1.807, 2.05) is 59.5 Å². The van der Waals surface area contributed by atoms with Crippen LogP contribution in [0.15, 0.2) is 83.5 Å². The first-order chi connectivity index (χ1) is 17.2. The summed E-state index contributed by atoms with van der Waals surface area (Å²) in [6.07, 6.45) is 1.66. The van der Waals surface area contributed by atoms with Crippen LogP contribution in [0.2, 0.25) is 0 Å². The first kappa shape index (κ1) is 21.6. The van der Waals surface area contributed by atoms with Gasteiger partial charge in [-0.1, -0.05) is 60.3 Å². The smallest absolute Gasteiger partial charge is 0.227 e. The Morgan fingerprint density at radius 2 is 1.69 bits per heavy atom. The molecule has 0 bridgehead atoms. The van der Waals surface area contributed by atoms with Crippen molar-refractivity contribution in [1.29, 1.82) is 0 Å². The monoisotopic (exact) mass is 484 g/mol. The van der Waals surface area contributed by atoms with E-state index >= 15 is 0 Å². The lowest BCUT2D eigenvalue weighted by Crippen LogP contribution is -2.32. The van der Waals surface area contributed by atoms with Crippen molar-refractivity contribution in [1.82, 2.24) is 14.8 Å². The fourth-order valence-electron chi connectivity index (χ4n) is 4.79. The van der Waals surface area contributed by atoms with Gasteiger partial charge in [-0.25, -0.2) is 4.68 Å². The average Bonchev–Trinajstić information content (AvgIpc) is 3.34. The van der Waals surface area contributed by atoms with Gasteiger partial charge in [-0.05, 0) is 41.6 Å². The Kier molecular flexibility index (Phi) is 5.37. The maximum absolute atomic E-state index is 6.67. The van der Waals surface area contributed by atoms with Crippen LogP contribution >= 0.6 is 11.8 Å². The second kappa shape index (κ2) is 8.70. The number of ether oxygens (including phenoxy) is 3. The molecule has 1 N–H and O–H groups in total. The van der Waals surface area contributed by atoms with Gasteiger partial charge in [0.05, 0.1) is 19.9 Å². The third-order valence-electron chi connectivity index (χ3n) is 6.37. The molecule has 0 saturated heterocycles. The number of fused-ring (bicyclic) bond motifs is 3. The summed E-state index contributed by atoms with van der Waals surface area (Å²) < 4.78 is 19.8. The van der Waals surface area contributed by atoms with Crippen molar-refractivity contribution in [2.24, 2.45) is 0 Å². The molecular weight excluding hydrogens is 460 g/mol. The Morgan fingerprint density at radius 3 is 2.46 bits per heavy atom. The highest BCUT2D eigenvalue weighted by Gasteiger charge is 2.41. The van der Waals surface area contributed by atoms with E-state index in [0.29, 0.717) is 22.6 Å². The largest absolute Gasteiger partial charge is 0.493 e. The molecule has 176 valence electrons. The summed E-state index contributed by atoms with van der Waals surface area (Å²) >= 11 is 1.51. The number of nitrogens with one attached hydrogen (secondary N) is 1. The maximum Gasteiger partial charge on any atom is 0.227 e. The number of rotatable bonds is 5. The molecule has 6 rings (SSSR count). The molecule has 2 atom stereocenters. The predicted octanol–water partition coefficient (Wildman–Crippen LogP) is 5.58. The molecule has 8 heteroatoms. The van der Waals surface area contributed by atoms with Crippen LogP contribution in [0.4, 0.5) is 5.95 Å². The number of para-hydroxylation sites is 1. The average molecular weight is 485 g/mol. The molecule has 35 heavy (non-hydrogen) atoms. The number of nitrogens with zero attached hydrogens (tertiary/aromatic N) is 3. The van der Waals surface area contributed by atoms with Gasteiger partial charge in [0.1, 0.15) is 17.9 Å². The summed E-state index contributed by atoms with van der Waals surface area (Å²) in [6, 6.07) is 24.1. The minimum Gasteiger partial charge on any atom is -0.493 e. The van der Waals surface area contributed by atoms with Gasteiger partial charge >= 0.3 is 0 Å². The lowest BCUT2D eigenvalue weighted by molar-refractivity contribution is 0.223. The number of hydrogen-bond acceptors (Lipinski definition) is 7. The van der Waals surface area contributed by atoms with E-state index in [9.17, 15) is 0 Å². The van der Waals surface area contributed by atoms with Crippen LogP contribution in [0.5, 0.6) is 17.2 Å². The third kappa shape index (κ3) is 3.52. The molecule has 2 aliphatic heterocycles. The van der Waals surface area contributed by atoms with Crippen LogP contribution < -0.4 is 19.5 Å². The minimum absolute atomic E-state index is 0.270. The first-order valence-electron chi connectivity index (χ1n) is 11.3. The van der Waals surface area contributed by atoms with Crippen molar-refractivity contribution >= 4 is 23.4 Å². The zero-order valence-corrected chi connectivity index (χ0v) is 20.4. The normalized spacial score (nSPS) is 18.0. The summed E-state index contributed by atoms with van der Waals surface area (Å²) in [5.74, 6) is 2.85. The molecule has 0 aliphatic carbocycles. The lowest BCUT2D eigenvalue weighted by atomic mass is 9.84. The summed E-state index contributed by atoms with van der Waals surface area (Å²) in [5.41, 5.74) is 5.12. The van der Waals surface area contributed by atoms with Gasteiger partial charge in [0, 0.05) is 11.1 Å². The van der Waals surface area contributed by atoms with Gasteiger partial charge in [-0.2, -0.15) is 4.98 Å². The van der Waals surface area contributed by atoms with E-state index in [0.717, 1.165) is 33.7 Å². The van der Waals surface area contributed by atoms with Gasteiger partial charge in [0.15, 0.2) is 11.5 Å². The summed E-state index contributed by atoms with van der Waals surface area (Å²) in [6.45, 7) is 0. The van der Waals surface area contributed by atoms with Crippen LogP contribution in [0.3, 0.4) is 0 Å². The zero-order chi connectivity index (χ0) is 23.9. The zero-order valence-electron chi connectivity index (χ0n) is 19.6. The third-order valence-corrected chi connectivity index (χ3v) is 6.91. The van der Waals surface area contributed by atoms with E-state index in [4.69, 9.17) is 24.3 Å². The minimum atomic E-state index is -0.318. The van der Waals surface area contributed by atoms with E-state index < -0.39 is 0 Å². The first-order valence-corrected chi connectivity index (χ1v) is 12.5. The van der Waals surface area contributed by atoms with Crippen LogP contribution in [0, 0.1) is 0 Å². The molecule has 0 radical (unpaired) electrons. The van der Waals surface area contributed by atoms with Crippen LogP contribution in [0.1, 0.15) is 28.8 Å². The van der Waals surface area contributed by atoms with Crippen molar-refractivity contribution in [3.63, 3.8) is 0 Å². The number of methoxy groups -OCH3 is 2. The van der Waals surface area contributed by atoms with Gasteiger partial charge in [-0.15, -0.1) is 5.10 Å². The lowest BCUT2D eigenvalue weighted by Gasteiger charge is -2.39. The molecule has 0 fully saturated rings. The topological polar surface area (TPSA) is 70.4 Å². The Labute approximate surface area is 207 Å². The number of anilines is 1. The standard InChI is InChI=1S/C27H24N4O3S/c1-32-20-14-13-17(15-21(20)33-2)24-22-23(28-26-29-27(35-3)30-31(24)26)18-11-7-8-12-19(18)34-25(22)16-9-5-4-6-10-16/h4-15,24-25H,1-3H3,(H,28,29,30)/t24-,25+/m0/s1. The molecule has 0 amide bonds. The quantitative estimate of drug-likeness (QED) is 0.371. The molecule has 0 spiro atoms. The summed E-state index contributed by atoms with van der Waals surface area (Å²) in [4.78, 5) is 4.76. The van der Waals surface area contributed by atoms with E-state index in [2.05, 4.69) is 29.6 Å². The summed E-state index contributed by atoms with van der Waals surface area (Å²) in [5, 5.41) is 9.12. The van der Waals surface area contributed by atoms with Crippen molar-refractivity contribution in [3.8, 4) is 17.2 Å². The summed E-state index contributed by atoms with van der Waals surface area (Å²) in [7, 11) is 3.29. The number of hydrogen-bond donors (Lipinski definition) is 1. The Hall–Kier alpha value is -3.91. The van der Waals surface area contributed by atoms with Crippen LogP contribution in [-0.4, -0.2) is 35.2 Å². The number of aromatic nitrogens is 3. The van der Waals surface area contributed by atoms with Gasteiger partial charge in [-0.3, -0.25) is 0 Å². The molecule has 4 aromatic rings. The van der Waals surface area contributed by atoms with E-state index in [1.165, 1.54) is 11.8 Å². The SMILES string of the molecule is COc1ccc([C@H]2C3=C(Nc4nc(SC)nn42)c2ccccc2O[C@@H]3c2ccccc2)cc1OC. The second-order valence-electron chi connectivity index (χ2n) is 8.24. The number of thioether (sulfide) groups is 1. The Morgan fingerprint density at radius 1 is 0.914 bits per heavy atom. The van der Waals surface area contributed by atoms with E-state index in [-0.39, 0.29) is 12.1 Å². The van der Waals surface area contributed by atoms with Crippen molar-refractivity contribution in [2.45, 2.75) is 17.3 Å². The van der Waals surface area contributed by atoms with Crippen LogP contribution in [-0.2, 0) is 0 Å². The highest BCUT2D eigenvalue weighted by molar-refractivity contribution is 7.98.